The lowest BCUT2D eigenvalue weighted by Crippen LogP contribution is -2.30. The number of halogens is 1. The molecule has 0 unspecified atom stereocenters. The third kappa shape index (κ3) is 3.96. The van der Waals surface area contributed by atoms with E-state index in [-0.39, 0.29) is 18.0 Å². The van der Waals surface area contributed by atoms with Gasteiger partial charge in [0.1, 0.15) is 0 Å². The second-order valence-corrected chi connectivity index (χ2v) is 7.44. The second-order valence-electron chi connectivity index (χ2n) is 7.04. The first kappa shape index (κ1) is 20.2. The third-order valence-electron chi connectivity index (χ3n) is 5.28. The predicted octanol–water partition coefficient (Wildman–Crippen LogP) is 4.79. The van der Waals surface area contributed by atoms with Gasteiger partial charge in [-0.25, -0.2) is 0 Å². The molecule has 1 amide bonds. The number of amides is 1. The van der Waals surface area contributed by atoms with Crippen LogP contribution in [0.4, 0.5) is 0 Å². The first-order valence-electron chi connectivity index (χ1n) is 9.73. The Balaban J connectivity index is 1.58. The minimum absolute atomic E-state index is 0.00117. The molecule has 1 aromatic heterocycles. The van der Waals surface area contributed by atoms with Gasteiger partial charge in [-0.2, -0.15) is 9.97 Å². The predicted molar refractivity (Wildman–Crippen MR) is 115 cm³/mol. The minimum atomic E-state index is 0.00117. The van der Waals surface area contributed by atoms with Gasteiger partial charge in [-0.3, -0.25) is 4.79 Å². The molecule has 1 aliphatic rings. The number of hydrogen-bond acceptors (Lipinski definition) is 5. The number of carbonyl (C=O) groups excluding carboxylic acids is 1. The lowest BCUT2D eigenvalue weighted by Gasteiger charge is -2.26. The summed E-state index contributed by atoms with van der Waals surface area (Å²) < 4.78 is 10.3. The van der Waals surface area contributed by atoms with Crippen molar-refractivity contribution in [3.05, 3.63) is 70.7 Å². The quantitative estimate of drug-likeness (QED) is 0.590. The van der Waals surface area contributed by atoms with Crippen molar-refractivity contribution in [3.8, 4) is 23.1 Å². The van der Waals surface area contributed by atoms with Crippen LogP contribution in [-0.4, -0.2) is 41.5 Å². The zero-order chi connectivity index (χ0) is 21.1. The molecule has 0 saturated carbocycles. The average Bonchev–Trinajstić information content (AvgIpc) is 3.28. The SMILES string of the molecule is COc1cc(-c2ccc(C(=O)N3CCC[C@@H]3c3ccccc3Cl)cc2)nc(OC)n1. The van der Waals surface area contributed by atoms with Crippen molar-refractivity contribution < 1.29 is 14.3 Å². The zero-order valence-corrected chi connectivity index (χ0v) is 17.6. The Bertz CT molecular complexity index is 1030. The number of carbonyl (C=O) groups is 1. The van der Waals surface area contributed by atoms with E-state index in [4.69, 9.17) is 21.1 Å². The Labute approximate surface area is 180 Å². The summed E-state index contributed by atoms with van der Waals surface area (Å²) in [5, 5.41) is 0.698. The van der Waals surface area contributed by atoms with Gasteiger partial charge in [-0.15, -0.1) is 0 Å². The second kappa shape index (κ2) is 8.71. The van der Waals surface area contributed by atoms with E-state index in [0.29, 0.717) is 22.2 Å². The Morgan fingerprint density at radius 3 is 2.53 bits per heavy atom. The van der Waals surface area contributed by atoms with Gasteiger partial charge in [0.2, 0.25) is 5.88 Å². The Morgan fingerprint density at radius 1 is 1.07 bits per heavy atom. The van der Waals surface area contributed by atoms with Gasteiger partial charge in [-0.1, -0.05) is 41.9 Å². The fraction of sp³-hybridized carbons (Fsp3) is 0.261. The number of benzene rings is 2. The maximum atomic E-state index is 13.2. The number of ether oxygens (including phenoxy) is 2. The molecule has 0 bridgehead atoms. The maximum Gasteiger partial charge on any atom is 0.320 e. The highest BCUT2D eigenvalue weighted by molar-refractivity contribution is 6.31. The van der Waals surface area contributed by atoms with Gasteiger partial charge < -0.3 is 14.4 Å². The first-order chi connectivity index (χ1) is 14.6. The first-order valence-corrected chi connectivity index (χ1v) is 10.1. The van der Waals surface area contributed by atoms with Crippen molar-refractivity contribution in [2.24, 2.45) is 0 Å². The van der Waals surface area contributed by atoms with E-state index < -0.39 is 0 Å². The number of aromatic nitrogens is 2. The van der Waals surface area contributed by atoms with E-state index in [9.17, 15) is 4.79 Å². The molecule has 0 spiro atoms. The smallest absolute Gasteiger partial charge is 0.320 e. The molecule has 1 fully saturated rings. The van der Waals surface area contributed by atoms with Crippen LogP contribution in [0.2, 0.25) is 5.02 Å². The topological polar surface area (TPSA) is 64.5 Å². The highest BCUT2D eigenvalue weighted by atomic mass is 35.5. The number of hydrogen-bond donors (Lipinski definition) is 0. The van der Waals surface area contributed by atoms with Gasteiger partial charge in [0.05, 0.1) is 26.0 Å². The van der Waals surface area contributed by atoms with Crippen LogP contribution in [0.25, 0.3) is 11.3 Å². The Kier molecular flexibility index (Phi) is 5.86. The van der Waals surface area contributed by atoms with Crippen molar-refractivity contribution in [3.63, 3.8) is 0 Å². The lowest BCUT2D eigenvalue weighted by atomic mass is 10.0. The Hall–Kier alpha value is -3.12. The molecule has 2 heterocycles. The molecule has 30 heavy (non-hydrogen) atoms. The fourth-order valence-corrected chi connectivity index (χ4v) is 4.04. The van der Waals surface area contributed by atoms with E-state index in [1.165, 1.54) is 7.11 Å². The summed E-state index contributed by atoms with van der Waals surface area (Å²) in [7, 11) is 3.05. The maximum absolute atomic E-state index is 13.2. The van der Waals surface area contributed by atoms with Gasteiger partial charge in [-0.05, 0) is 36.6 Å². The number of methoxy groups -OCH3 is 2. The van der Waals surface area contributed by atoms with Crippen molar-refractivity contribution in [1.29, 1.82) is 0 Å². The van der Waals surface area contributed by atoms with Crippen LogP contribution in [0.1, 0.15) is 34.8 Å². The number of likely N-dealkylation sites (tertiary alicyclic amines) is 1. The van der Waals surface area contributed by atoms with Crippen molar-refractivity contribution in [1.82, 2.24) is 14.9 Å². The molecule has 154 valence electrons. The molecular weight excluding hydrogens is 402 g/mol. The van der Waals surface area contributed by atoms with Crippen LogP contribution in [0, 0.1) is 0 Å². The van der Waals surface area contributed by atoms with Gasteiger partial charge in [0.25, 0.3) is 5.91 Å². The van der Waals surface area contributed by atoms with E-state index in [2.05, 4.69) is 9.97 Å². The molecule has 7 heteroatoms. The minimum Gasteiger partial charge on any atom is -0.481 e. The van der Waals surface area contributed by atoms with E-state index in [1.54, 1.807) is 13.2 Å². The average molecular weight is 424 g/mol. The van der Waals surface area contributed by atoms with Crippen LogP contribution in [0.5, 0.6) is 11.9 Å². The molecular formula is C23H22ClN3O3. The lowest BCUT2D eigenvalue weighted by molar-refractivity contribution is 0.0736. The van der Waals surface area contributed by atoms with Crippen LogP contribution < -0.4 is 9.47 Å². The van der Waals surface area contributed by atoms with E-state index in [0.717, 1.165) is 30.5 Å². The van der Waals surface area contributed by atoms with Crippen molar-refractivity contribution in [2.45, 2.75) is 18.9 Å². The fourth-order valence-electron chi connectivity index (χ4n) is 3.78. The summed E-state index contributed by atoms with van der Waals surface area (Å²) in [6.07, 6.45) is 1.87. The van der Waals surface area contributed by atoms with Crippen LogP contribution in [0.15, 0.2) is 54.6 Å². The normalized spacial score (nSPS) is 15.8. The third-order valence-corrected chi connectivity index (χ3v) is 5.62. The summed E-state index contributed by atoms with van der Waals surface area (Å²) in [6, 6.07) is 17.1. The summed E-state index contributed by atoms with van der Waals surface area (Å²) >= 11 is 6.39. The molecule has 6 nitrogen and oxygen atoms in total. The Morgan fingerprint density at radius 2 is 1.83 bits per heavy atom. The standard InChI is InChI=1S/C23H22ClN3O3/c1-29-21-14-19(25-23(26-21)30-2)15-9-11-16(12-10-15)22(28)27-13-5-8-20(27)17-6-3-4-7-18(17)24/h3-4,6-7,9-12,14,20H,5,8,13H2,1-2H3/t20-/m1/s1. The molecule has 0 aliphatic carbocycles. The summed E-state index contributed by atoms with van der Waals surface area (Å²) in [4.78, 5) is 23.6. The zero-order valence-electron chi connectivity index (χ0n) is 16.8. The summed E-state index contributed by atoms with van der Waals surface area (Å²) in [5.74, 6) is 0.415. The van der Waals surface area contributed by atoms with Crippen molar-refractivity contribution in [2.75, 3.05) is 20.8 Å². The largest absolute Gasteiger partial charge is 0.481 e. The highest BCUT2D eigenvalue weighted by Gasteiger charge is 2.31. The van der Waals surface area contributed by atoms with Crippen LogP contribution >= 0.6 is 11.6 Å². The van der Waals surface area contributed by atoms with E-state index in [1.807, 2.05) is 53.4 Å². The van der Waals surface area contributed by atoms with Gasteiger partial charge >= 0.3 is 6.01 Å². The highest BCUT2D eigenvalue weighted by Crippen LogP contribution is 2.36. The van der Waals surface area contributed by atoms with Crippen LogP contribution in [-0.2, 0) is 0 Å². The molecule has 3 aromatic rings. The molecule has 2 aromatic carbocycles. The molecule has 1 atom stereocenters. The number of rotatable bonds is 5. The molecule has 1 aliphatic heterocycles. The monoisotopic (exact) mass is 423 g/mol. The number of nitrogens with zero attached hydrogens (tertiary/aromatic N) is 3. The summed E-state index contributed by atoms with van der Waals surface area (Å²) in [5.41, 5.74) is 3.13. The van der Waals surface area contributed by atoms with E-state index >= 15 is 0 Å². The van der Waals surface area contributed by atoms with Gasteiger partial charge in [0.15, 0.2) is 0 Å². The molecule has 1 saturated heterocycles. The van der Waals surface area contributed by atoms with Gasteiger partial charge in [0, 0.05) is 28.8 Å². The molecule has 4 rings (SSSR count). The molecule has 0 N–H and O–H groups in total. The summed E-state index contributed by atoms with van der Waals surface area (Å²) in [6.45, 7) is 0.719. The van der Waals surface area contributed by atoms with Crippen molar-refractivity contribution >= 4 is 17.5 Å². The van der Waals surface area contributed by atoms with Crippen LogP contribution in [0.3, 0.4) is 0 Å². The molecule has 0 radical (unpaired) electrons.